The number of benzene rings is 2. The minimum atomic E-state index is -1.92. The second-order valence-electron chi connectivity index (χ2n) is 4.61. The number of rotatable bonds is 5. The van der Waals surface area contributed by atoms with Gasteiger partial charge in [-0.25, -0.2) is 4.79 Å². The van der Waals surface area contributed by atoms with Crippen molar-refractivity contribution in [3.05, 3.63) is 48.0 Å². The Morgan fingerprint density at radius 3 is 2.20 bits per heavy atom. The van der Waals surface area contributed by atoms with E-state index in [1.807, 2.05) is 30.3 Å². The van der Waals surface area contributed by atoms with Crippen LogP contribution in [0.3, 0.4) is 0 Å². The van der Waals surface area contributed by atoms with Crippen LogP contribution in [0.4, 0.5) is 0 Å². The van der Waals surface area contributed by atoms with E-state index in [9.17, 15) is 14.7 Å². The predicted octanol–water partition coefficient (Wildman–Crippen LogP) is 1.53. The van der Waals surface area contributed by atoms with Crippen molar-refractivity contribution in [3.63, 3.8) is 0 Å². The van der Waals surface area contributed by atoms with Crippen molar-refractivity contribution in [2.75, 3.05) is 0 Å². The van der Waals surface area contributed by atoms with Crippen molar-refractivity contribution in [1.82, 2.24) is 0 Å². The van der Waals surface area contributed by atoms with Crippen LogP contribution in [0.1, 0.15) is 5.56 Å². The van der Waals surface area contributed by atoms with Gasteiger partial charge in [-0.2, -0.15) is 0 Å². The Hall–Kier alpha value is -2.40. The van der Waals surface area contributed by atoms with E-state index < -0.39 is 24.0 Å². The maximum absolute atomic E-state index is 11.1. The topological polar surface area (TPSA) is 94.8 Å². The fourth-order valence-corrected chi connectivity index (χ4v) is 2.13. The molecular formula is C15H14O5. The predicted molar refractivity (Wildman–Crippen MR) is 72.4 cm³/mol. The van der Waals surface area contributed by atoms with E-state index >= 15 is 0 Å². The van der Waals surface area contributed by atoms with Crippen LogP contribution in [0.25, 0.3) is 10.8 Å². The van der Waals surface area contributed by atoms with E-state index in [1.54, 1.807) is 12.1 Å². The molecule has 0 spiro atoms. The smallest absolute Gasteiger partial charge is 0.333 e. The number of fused-ring (bicyclic) bond motifs is 1. The molecule has 0 aliphatic rings. The average Bonchev–Trinajstić information content (AvgIpc) is 2.43. The van der Waals surface area contributed by atoms with Crippen molar-refractivity contribution in [3.8, 4) is 0 Å². The Labute approximate surface area is 115 Å². The standard InChI is InChI=1S/C15H14O5/c16-13(15(19)20)12(14(17)18)8-9-5-6-10-3-1-2-4-11(10)7-9/h1-7,12-13,16H,8H2,(H,17,18)(H,19,20)/t12?,13-/m0/s1. The minimum absolute atomic E-state index is 0.0341. The van der Waals surface area contributed by atoms with Gasteiger partial charge in [0.2, 0.25) is 0 Å². The Kier molecular flexibility index (Phi) is 4.00. The van der Waals surface area contributed by atoms with E-state index in [0.29, 0.717) is 5.56 Å². The normalized spacial score (nSPS) is 13.8. The first-order valence-electron chi connectivity index (χ1n) is 6.10. The molecule has 0 radical (unpaired) electrons. The van der Waals surface area contributed by atoms with Crippen LogP contribution < -0.4 is 0 Å². The van der Waals surface area contributed by atoms with Crippen LogP contribution in [0.15, 0.2) is 42.5 Å². The second kappa shape index (κ2) is 5.71. The van der Waals surface area contributed by atoms with Gasteiger partial charge in [-0.1, -0.05) is 42.5 Å². The van der Waals surface area contributed by atoms with Crippen molar-refractivity contribution < 1.29 is 24.9 Å². The van der Waals surface area contributed by atoms with Gasteiger partial charge in [0.05, 0.1) is 5.92 Å². The summed E-state index contributed by atoms with van der Waals surface area (Å²) in [5, 5.41) is 29.2. The van der Waals surface area contributed by atoms with Crippen molar-refractivity contribution in [2.45, 2.75) is 12.5 Å². The molecule has 20 heavy (non-hydrogen) atoms. The molecule has 0 saturated carbocycles. The van der Waals surface area contributed by atoms with E-state index in [0.717, 1.165) is 10.8 Å². The van der Waals surface area contributed by atoms with Crippen LogP contribution in [0.2, 0.25) is 0 Å². The highest BCUT2D eigenvalue weighted by atomic mass is 16.4. The molecule has 104 valence electrons. The number of aliphatic hydroxyl groups excluding tert-OH is 1. The first-order valence-corrected chi connectivity index (χ1v) is 6.10. The van der Waals surface area contributed by atoms with Crippen molar-refractivity contribution >= 4 is 22.7 Å². The summed E-state index contributed by atoms with van der Waals surface area (Å²) in [5.41, 5.74) is 0.677. The Balaban J connectivity index is 2.28. The molecule has 2 atom stereocenters. The molecule has 5 nitrogen and oxygen atoms in total. The summed E-state index contributed by atoms with van der Waals surface area (Å²) in [6.45, 7) is 0. The fraction of sp³-hybridized carbons (Fsp3) is 0.200. The molecule has 0 fully saturated rings. The van der Waals surface area contributed by atoms with Crippen LogP contribution in [0, 0.1) is 5.92 Å². The summed E-state index contributed by atoms with van der Waals surface area (Å²) in [5.74, 6) is -4.22. The fourth-order valence-electron chi connectivity index (χ4n) is 2.13. The van der Waals surface area contributed by atoms with Gasteiger partial charge in [0.1, 0.15) is 0 Å². The van der Waals surface area contributed by atoms with Crippen molar-refractivity contribution in [1.29, 1.82) is 0 Å². The maximum atomic E-state index is 11.1. The number of carboxylic acids is 2. The summed E-state index contributed by atoms with van der Waals surface area (Å²) < 4.78 is 0. The molecular weight excluding hydrogens is 260 g/mol. The number of hydrogen-bond acceptors (Lipinski definition) is 3. The van der Waals surface area contributed by atoms with Gasteiger partial charge in [0.15, 0.2) is 6.10 Å². The second-order valence-corrected chi connectivity index (χ2v) is 4.61. The SMILES string of the molecule is O=C(O)C(Cc1ccc2ccccc2c1)[C@H](O)C(=O)O. The lowest BCUT2D eigenvalue weighted by molar-refractivity contribution is -0.159. The molecule has 5 heteroatoms. The molecule has 0 aliphatic heterocycles. The van der Waals surface area contributed by atoms with Crippen LogP contribution >= 0.6 is 0 Å². The van der Waals surface area contributed by atoms with E-state index in [2.05, 4.69) is 0 Å². The third kappa shape index (κ3) is 2.95. The van der Waals surface area contributed by atoms with E-state index in [-0.39, 0.29) is 6.42 Å². The highest BCUT2D eigenvalue weighted by Gasteiger charge is 2.32. The average molecular weight is 274 g/mol. The molecule has 0 bridgehead atoms. The Morgan fingerprint density at radius 2 is 1.60 bits per heavy atom. The first kappa shape index (κ1) is 14.0. The third-order valence-electron chi connectivity index (χ3n) is 3.22. The van der Waals surface area contributed by atoms with Gasteiger partial charge in [0.25, 0.3) is 0 Å². The van der Waals surface area contributed by atoms with E-state index in [4.69, 9.17) is 10.2 Å². The summed E-state index contributed by atoms with van der Waals surface area (Å²) >= 11 is 0. The summed E-state index contributed by atoms with van der Waals surface area (Å²) in [4.78, 5) is 21.8. The summed E-state index contributed by atoms with van der Waals surface area (Å²) in [6, 6.07) is 13.0. The molecule has 0 amide bonds. The van der Waals surface area contributed by atoms with Gasteiger partial charge in [0, 0.05) is 0 Å². The van der Waals surface area contributed by atoms with E-state index in [1.165, 1.54) is 0 Å². The quantitative estimate of drug-likeness (QED) is 0.768. The first-order chi connectivity index (χ1) is 9.49. The van der Waals surface area contributed by atoms with Crippen LogP contribution in [-0.2, 0) is 16.0 Å². The van der Waals surface area contributed by atoms with Gasteiger partial charge in [-0.05, 0) is 22.8 Å². The molecule has 2 aromatic carbocycles. The van der Waals surface area contributed by atoms with Crippen LogP contribution in [-0.4, -0.2) is 33.4 Å². The van der Waals surface area contributed by atoms with Gasteiger partial charge < -0.3 is 15.3 Å². The number of carbonyl (C=O) groups is 2. The number of hydrogen-bond donors (Lipinski definition) is 3. The van der Waals surface area contributed by atoms with Gasteiger partial charge >= 0.3 is 11.9 Å². The van der Waals surface area contributed by atoms with Gasteiger partial charge in [-0.3, -0.25) is 4.79 Å². The zero-order valence-corrected chi connectivity index (χ0v) is 10.6. The number of aliphatic carboxylic acids is 2. The molecule has 0 heterocycles. The molecule has 0 aliphatic carbocycles. The maximum Gasteiger partial charge on any atom is 0.333 e. The van der Waals surface area contributed by atoms with Gasteiger partial charge in [-0.15, -0.1) is 0 Å². The lowest BCUT2D eigenvalue weighted by Gasteiger charge is -2.15. The van der Waals surface area contributed by atoms with Crippen molar-refractivity contribution in [2.24, 2.45) is 5.92 Å². The largest absolute Gasteiger partial charge is 0.481 e. The molecule has 1 unspecified atom stereocenters. The molecule has 3 N–H and O–H groups in total. The zero-order valence-electron chi connectivity index (χ0n) is 10.6. The molecule has 2 aromatic rings. The Morgan fingerprint density at radius 1 is 0.950 bits per heavy atom. The summed E-state index contributed by atoms with van der Waals surface area (Å²) in [7, 11) is 0. The highest BCUT2D eigenvalue weighted by molar-refractivity contribution is 5.84. The minimum Gasteiger partial charge on any atom is -0.481 e. The molecule has 0 saturated heterocycles. The monoisotopic (exact) mass is 274 g/mol. The number of aliphatic hydroxyl groups is 1. The molecule has 0 aromatic heterocycles. The molecule has 2 rings (SSSR count). The summed E-state index contributed by atoms with van der Waals surface area (Å²) in [6.07, 6.45) is -1.95. The third-order valence-corrected chi connectivity index (χ3v) is 3.22. The number of carboxylic acid groups (broad SMARTS) is 2. The zero-order chi connectivity index (χ0) is 14.7. The Bertz CT molecular complexity index is 650. The lowest BCUT2D eigenvalue weighted by atomic mass is 9.93. The van der Waals surface area contributed by atoms with Crippen LogP contribution in [0.5, 0.6) is 0 Å². The highest BCUT2D eigenvalue weighted by Crippen LogP contribution is 2.19. The lowest BCUT2D eigenvalue weighted by Crippen LogP contribution is -2.36.